The van der Waals surface area contributed by atoms with Crippen LogP contribution < -0.4 is 10.5 Å². The van der Waals surface area contributed by atoms with Crippen molar-refractivity contribution in [3.8, 4) is 6.01 Å². The largest absolute Gasteiger partial charge is 0.409 e. The SMILES string of the molecule is C=C(N)Oc1nccc(C)n1. The highest BCUT2D eigenvalue weighted by Crippen LogP contribution is 2.02. The second-order valence-electron chi connectivity index (χ2n) is 2.05. The minimum Gasteiger partial charge on any atom is -0.409 e. The molecule has 58 valence electrons. The Balaban J connectivity index is 2.79. The smallest absolute Gasteiger partial charge is 0.323 e. The maximum atomic E-state index is 5.18. The van der Waals surface area contributed by atoms with Gasteiger partial charge in [-0.05, 0) is 19.6 Å². The van der Waals surface area contributed by atoms with Crippen molar-refractivity contribution in [2.45, 2.75) is 6.92 Å². The Morgan fingerprint density at radius 2 is 2.45 bits per heavy atom. The van der Waals surface area contributed by atoms with E-state index >= 15 is 0 Å². The first kappa shape index (κ1) is 7.53. The monoisotopic (exact) mass is 151 g/mol. The standard InChI is InChI=1S/C7H9N3O/c1-5-3-4-9-7(10-5)11-6(2)8/h3-4H,2,8H2,1H3. The molecule has 0 fully saturated rings. The second-order valence-corrected chi connectivity index (χ2v) is 2.05. The number of nitrogens with two attached hydrogens (primary N) is 1. The minimum absolute atomic E-state index is 0.0931. The first-order valence-corrected chi connectivity index (χ1v) is 3.10. The molecule has 11 heavy (non-hydrogen) atoms. The molecule has 4 nitrogen and oxygen atoms in total. The lowest BCUT2D eigenvalue weighted by Crippen LogP contribution is -2.06. The van der Waals surface area contributed by atoms with Crippen molar-refractivity contribution < 1.29 is 4.74 Å². The Bertz CT molecular complexity index is 272. The molecule has 4 heteroatoms. The normalized spacial score (nSPS) is 9.18. The number of nitrogens with zero attached hydrogens (tertiary/aromatic N) is 2. The van der Waals surface area contributed by atoms with Gasteiger partial charge in [0.1, 0.15) is 0 Å². The topological polar surface area (TPSA) is 61.0 Å². The summed E-state index contributed by atoms with van der Waals surface area (Å²) in [6.45, 7) is 5.20. The van der Waals surface area contributed by atoms with Gasteiger partial charge in [0.25, 0.3) is 0 Å². The lowest BCUT2D eigenvalue weighted by molar-refractivity contribution is 0.387. The van der Waals surface area contributed by atoms with E-state index < -0.39 is 0 Å². The Hall–Kier alpha value is -1.58. The summed E-state index contributed by atoms with van der Waals surface area (Å²) in [5.74, 6) is 0.0931. The molecule has 0 bridgehead atoms. The zero-order valence-corrected chi connectivity index (χ0v) is 6.24. The van der Waals surface area contributed by atoms with Crippen LogP contribution in [-0.4, -0.2) is 9.97 Å². The summed E-state index contributed by atoms with van der Waals surface area (Å²) in [5.41, 5.74) is 6.01. The fraction of sp³-hybridized carbons (Fsp3) is 0.143. The summed E-state index contributed by atoms with van der Waals surface area (Å²) in [6, 6.07) is 2.00. The summed E-state index contributed by atoms with van der Waals surface area (Å²) in [6.07, 6.45) is 1.60. The van der Waals surface area contributed by atoms with Crippen LogP contribution in [0.5, 0.6) is 6.01 Å². The molecular formula is C7H9N3O. The van der Waals surface area contributed by atoms with Crippen LogP contribution in [0.15, 0.2) is 24.7 Å². The van der Waals surface area contributed by atoms with Gasteiger partial charge in [-0.3, -0.25) is 0 Å². The predicted octanol–water partition coefficient (Wildman–Crippen LogP) is 0.594. The van der Waals surface area contributed by atoms with E-state index in [1.165, 1.54) is 0 Å². The van der Waals surface area contributed by atoms with Crippen molar-refractivity contribution in [2.24, 2.45) is 5.73 Å². The average Bonchev–Trinajstić information content (AvgIpc) is 1.85. The zero-order valence-electron chi connectivity index (χ0n) is 6.24. The Kier molecular flexibility index (Phi) is 2.06. The van der Waals surface area contributed by atoms with Crippen LogP contribution in [0, 0.1) is 6.92 Å². The van der Waals surface area contributed by atoms with Gasteiger partial charge >= 0.3 is 6.01 Å². The van der Waals surface area contributed by atoms with E-state index in [4.69, 9.17) is 10.5 Å². The van der Waals surface area contributed by atoms with Crippen LogP contribution in [0.3, 0.4) is 0 Å². The third-order valence-corrected chi connectivity index (χ3v) is 0.995. The van der Waals surface area contributed by atoms with Crippen LogP contribution >= 0.6 is 0 Å². The fourth-order valence-electron chi connectivity index (χ4n) is 0.592. The van der Waals surface area contributed by atoms with Crippen molar-refractivity contribution in [1.82, 2.24) is 9.97 Å². The van der Waals surface area contributed by atoms with Crippen LogP contribution in [0.1, 0.15) is 5.69 Å². The number of rotatable bonds is 2. The van der Waals surface area contributed by atoms with E-state index in [2.05, 4.69) is 16.5 Å². The predicted molar refractivity (Wildman–Crippen MR) is 40.7 cm³/mol. The van der Waals surface area contributed by atoms with E-state index in [1.54, 1.807) is 12.3 Å². The molecule has 1 aromatic heterocycles. The lowest BCUT2D eigenvalue weighted by atomic mass is 10.5. The molecule has 0 aliphatic carbocycles. The second kappa shape index (κ2) is 3.01. The Morgan fingerprint density at radius 3 is 3.00 bits per heavy atom. The van der Waals surface area contributed by atoms with Crippen molar-refractivity contribution in [3.05, 3.63) is 30.4 Å². The highest BCUT2D eigenvalue weighted by molar-refractivity contribution is 5.04. The van der Waals surface area contributed by atoms with Gasteiger partial charge in [-0.15, -0.1) is 0 Å². The average molecular weight is 151 g/mol. The molecule has 2 N–H and O–H groups in total. The van der Waals surface area contributed by atoms with Crippen LogP contribution in [0.25, 0.3) is 0 Å². The van der Waals surface area contributed by atoms with Crippen molar-refractivity contribution in [1.29, 1.82) is 0 Å². The molecular weight excluding hydrogens is 142 g/mol. The van der Waals surface area contributed by atoms with Crippen LogP contribution in [0.2, 0.25) is 0 Å². The van der Waals surface area contributed by atoms with Crippen LogP contribution in [-0.2, 0) is 0 Å². The molecule has 0 unspecified atom stereocenters. The van der Waals surface area contributed by atoms with E-state index in [0.717, 1.165) is 5.69 Å². The summed E-state index contributed by atoms with van der Waals surface area (Å²) in [7, 11) is 0. The number of aromatic nitrogens is 2. The summed E-state index contributed by atoms with van der Waals surface area (Å²) in [5, 5.41) is 0. The van der Waals surface area contributed by atoms with Gasteiger partial charge in [-0.1, -0.05) is 0 Å². The lowest BCUT2D eigenvalue weighted by Gasteiger charge is -2.00. The molecule has 0 saturated carbocycles. The van der Waals surface area contributed by atoms with E-state index in [-0.39, 0.29) is 11.9 Å². The zero-order chi connectivity index (χ0) is 8.27. The summed E-state index contributed by atoms with van der Waals surface area (Å²) in [4.78, 5) is 7.74. The first-order valence-electron chi connectivity index (χ1n) is 3.10. The number of hydrogen-bond acceptors (Lipinski definition) is 4. The molecule has 0 aliphatic rings. The van der Waals surface area contributed by atoms with Gasteiger partial charge in [0.05, 0.1) is 0 Å². The maximum absolute atomic E-state index is 5.18. The quantitative estimate of drug-likeness (QED) is 0.628. The van der Waals surface area contributed by atoms with Crippen LogP contribution in [0.4, 0.5) is 0 Å². The van der Waals surface area contributed by atoms with Gasteiger partial charge in [0.15, 0.2) is 5.88 Å². The maximum Gasteiger partial charge on any atom is 0.323 e. The Morgan fingerprint density at radius 1 is 1.73 bits per heavy atom. The number of ether oxygens (including phenoxy) is 1. The Labute approximate surface area is 64.7 Å². The fourth-order valence-corrected chi connectivity index (χ4v) is 0.592. The van der Waals surface area contributed by atoms with Gasteiger partial charge in [-0.2, -0.15) is 0 Å². The summed E-state index contributed by atoms with van der Waals surface area (Å²) < 4.78 is 4.86. The molecule has 0 amide bonds. The van der Waals surface area contributed by atoms with Gasteiger partial charge in [0.2, 0.25) is 0 Å². The molecule has 0 saturated heterocycles. The van der Waals surface area contributed by atoms with Gasteiger partial charge in [0, 0.05) is 11.9 Å². The molecule has 0 spiro atoms. The van der Waals surface area contributed by atoms with E-state index in [1.807, 2.05) is 6.92 Å². The van der Waals surface area contributed by atoms with Gasteiger partial charge in [-0.25, -0.2) is 9.97 Å². The first-order chi connectivity index (χ1) is 5.18. The molecule has 0 aromatic carbocycles. The highest BCUT2D eigenvalue weighted by atomic mass is 16.5. The molecule has 1 aromatic rings. The highest BCUT2D eigenvalue weighted by Gasteiger charge is 1.96. The van der Waals surface area contributed by atoms with Crippen molar-refractivity contribution >= 4 is 0 Å². The number of hydrogen-bond donors (Lipinski definition) is 1. The third-order valence-electron chi connectivity index (χ3n) is 0.995. The molecule has 1 rings (SSSR count). The number of aryl methyl sites for hydroxylation is 1. The minimum atomic E-state index is 0.0931. The molecule has 1 heterocycles. The molecule has 0 atom stereocenters. The third kappa shape index (κ3) is 2.25. The van der Waals surface area contributed by atoms with Crippen molar-refractivity contribution in [2.75, 3.05) is 0 Å². The summed E-state index contributed by atoms with van der Waals surface area (Å²) >= 11 is 0. The molecule has 0 aliphatic heterocycles. The van der Waals surface area contributed by atoms with E-state index in [0.29, 0.717) is 0 Å². The van der Waals surface area contributed by atoms with Gasteiger partial charge < -0.3 is 10.5 Å². The van der Waals surface area contributed by atoms with E-state index in [9.17, 15) is 0 Å². The molecule has 0 radical (unpaired) electrons. The van der Waals surface area contributed by atoms with Crippen molar-refractivity contribution in [3.63, 3.8) is 0 Å².